The van der Waals surface area contributed by atoms with Crippen LogP contribution in [-0.4, -0.2) is 9.55 Å². The highest BCUT2D eigenvalue weighted by Crippen LogP contribution is 2.30. The van der Waals surface area contributed by atoms with E-state index in [4.69, 9.17) is 0 Å². The monoisotopic (exact) mass is 284 g/mol. The minimum absolute atomic E-state index is 0.0672. The van der Waals surface area contributed by atoms with Gasteiger partial charge in [-0.1, -0.05) is 13.8 Å². The van der Waals surface area contributed by atoms with Gasteiger partial charge in [-0.05, 0) is 47.0 Å². The Balaban J connectivity index is 2.24. The Kier molecular flexibility index (Phi) is 3.47. The molecule has 1 fully saturated rings. The molecule has 0 atom stereocenters. The fourth-order valence-corrected chi connectivity index (χ4v) is 2.23. The van der Waals surface area contributed by atoms with E-state index in [-0.39, 0.29) is 5.56 Å². The lowest BCUT2D eigenvalue weighted by Gasteiger charge is -2.09. The van der Waals surface area contributed by atoms with Crippen LogP contribution in [0.5, 0.6) is 0 Å². The van der Waals surface area contributed by atoms with Crippen LogP contribution in [0.15, 0.2) is 15.6 Å². The summed E-state index contributed by atoms with van der Waals surface area (Å²) in [6.45, 7) is 5.08. The zero-order valence-corrected chi connectivity index (χ0v) is 11.3. The molecule has 1 heterocycles. The number of nitrogens with zero attached hydrogens (tertiary/aromatic N) is 2. The molecule has 1 saturated carbocycles. The lowest BCUT2D eigenvalue weighted by molar-refractivity contribution is 0.576. The van der Waals surface area contributed by atoms with E-state index in [1.54, 1.807) is 10.9 Å². The number of rotatable bonds is 4. The summed E-state index contributed by atoms with van der Waals surface area (Å²) in [5, 5.41) is 0. The third kappa shape index (κ3) is 2.73. The third-order valence-electron chi connectivity index (χ3n) is 2.81. The van der Waals surface area contributed by atoms with Crippen LogP contribution in [0.2, 0.25) is 0 Å². The van der Waals surface area contributed by atoms with Crippen molar-refractivity contribution in [1.29, 1.82) is 0 Å². The van der Waals surface area contributed by atoms with Gasteiger partial charge < -0.3 is 0 Å². The summed E-state index contributed by atoms with van der Waals surface area (Å²) in [4.78, 5) is 16.4. The van der Waals surface area contributed by atoms with Crippen LogP contribution in [-0.2, 0) is 13.0 Å². The Labute approximate surface area is 104 Å². The van der Waals surface area contributed by atoms with Crippen LogP contribution in [0.4, 0.5) is 0 Å². The van der Waals surface area contributed by atoms with E-state index in [0.717, 1.165) is 18.7 Å². The molecular weight excluding hydrogens is 268 g/mol. The fourth-order valence-electron chi connectivity index (χ4n) is 1.74. The molecule has 1 aromatic rings. The van der Waals surface area contributed by atoms with Gasteiger partial charge in [-0.3, -0.25) is 9.36 Å². The van der Waals surface area contributed by atoms with E-state index in [2.05, 4.69) is 34.8 Å². The molecule has 1 aliphatic carbocycles. The minimum atomic E-state index is 0.0672. The first-order valence-corrected chi connectivity index (χ1v) is 6.61. The van der Waals surface area contributed by atoms with E-state index in [0.29, 0.717) is 16.3 Å². The van der Waals surface area contributed by atoms with Crippen LogP contribution in [0.25, 0.3) is 0 Å². The van der Waals surface area contributed by atoms with Crippen molar-refractivity contribution < 1.29 is 0 Å². The largest absolute Gasteiger partial charge is 0.298 e. The molecule has 1 aliphatic rings. The average Bonchev–Trinajstić information content (AvgIpc) is 3.01. The second kappa shape index (κ2) is 4.70. The molecule has 2 rings (SSSR count). The van der Waals surface area contributed by atoms with Crippen molar-refractivity contribution >= 4 is 15.9 Å². The Morgan fingerprint density at radius 1 is 1.56 bits per heavy atom. The number of halogens is 1. The van der Waals surface area contributed by atoms with Gasteiger partial charge in [0, 0.05) is 6.54 Å². The molecule has 0 bridgehead atoms. The molecule has 0 spiro atoms. The highest BCUT2D eigenvalue weighted by atomic mass is 79.9. The molecule has 0 amide bonds. The van der Waals surface area contributed by atoms with Crippen molar-refractivity contribution in [2.75, 3.05) is 0 Å². The van der Waals surface area contributed by atoms with Gasteiger partial charge in [-0.25, -0.2) is 4.98 Å². The van der Waals surface area contributed by atoms with Gasteiger partial charge in [0.15, 0.2) is 0 Å². The lowest BCUT2D eigenvalue weighted by atomic mass is 10.1. The molecule has 16 heavy (non-hydrogen) atoms. The van der Waals surface area contributed by atoms with Crippen molar-refractivity contribution in [2.45, 2.75) is 39.7 Å². The third-order valence-corrected chi connectivity index (χ3v) is 3.61. The standard InChI is InChI=1S/C12H17BrN2O/c1-8(2)5-10-11(13)12(16)15(7-14-10)6-9-3-4-9/h7-9H,3-6H2,1-2H3. The van der Waals surface area contributed by atoms with Gasteiger partial charge in [0.2, 0.25) is 0 Å². The van der Waals surface area contributed by atoms with Gasteiger partial charge >= 0.3 is 0 Å². The first-order chi connectivity index (χ1) is 7.58. The smallest absolute Gasteiger partial charge is 0.267 e. The van der Waals surface area contributed by atoms with Crippen molar-refractivity contribution in [1.82, 2.24) is 9.55 Å². The van der Waals surface area contributed by atoms with Gasteiger partial charge in [0.05, 0.1) is 12.0 Å². The number of hydrogen-bond donors (Lipinski definition) is 0. The number of hydrogen-bond acceptors (Lipinski definition) is 2. The van der Waals surface area contributed by atoms with Crippen LogP contribution in [0, 0.1) is 11.8 Å². The van der Waals surface area contributed by atoms with E-state index in [1.807, 2.05) is 0 Å². The van der Waals surface area contributed by atoms with Gasteiger partial charge in [-0.2, -0.15) is 0 Å². The van der Waals surface area contributed by atoms with Crippen LogP contribution in [0.1, 0.15) is 32.4 Å². The van der Waals surface area contributed by atoms with E-state index in [1.165, 1.54) is 12.8 Å². The predicted octanol–water partition coefficient (Wildman–Crippen LogP) is 2.61. The second-order valence-electron chi connectivity index (χ2n) is 5.00. The molecular formula is C12H17BrN2O. The molecule has 88 valence electrons. The van der Waals surface area contributed by atoms with Gasteiger partial charge in [0.1, 0.15) is 4.47 Å². The van der Waals surface area contributed by atoms with Crippen molar-refractivity contribution in [2.24, 2.45) is 11.8 Å². The van der Waals surface area contributed by atoms with Crippen molar-refractivity contribution in [3.8, 4) is 0 Å². The Bertz CT molecular complexity index is 435. The fraction of sp³-hybridized carbons (Fsp3) is 0.667. The minimum Gasteiger partial charge on any atom is -0.298 e. The Morgan fingerprint density at radius 2 is 2.25 bits per heavy atom. The number of aromatic nitrogens is 2. The summed E-state index contributed by atoms with van der Waals surface area (Å²) in [6, 6.07) is 0. The molecule has 4 heteroatoms. The van der Waals surface area contributed by atoms with Gasteiger partial charge in [0.25, 0.3) is 5.56 Å². The Morgan fingerprint density at radius 3 is 2.81 bits per heavy atom. The highest BCUT2D eigenvalue weighted by molar-refractivity contribution is 9.10. The summed E-state index contributed by atoms with van der Waals surface area (Å²) in [5.74, 6) is 1.21. The summed E-state index contributed by atoms with van der Waals surface area (Å²) in [5.41, 5.74) is 0.949. The summed E-state index contributed by atoms with van der Waals surface area (Å²) in [6.07, 6.45) is 5.04. The maximum Gasteiger partial charge on any atom is 0.267 e. The van der Waals surface area contributed by atoms with Crippen molar-refractivity contribution in [3.05, 3.63) is 26.8 Å². The molecule has 0 radical (unpaired) electrons. The topological polar surface area (TPSA) is 34.9 Å². The Hall–Kier alpha value is -0.640. The summed E-state index contributed by atoms with van der Waals surface area (Å²) < 4.78 is 2.37. The van der Waals surface area contributed by atoms with Crippen LogP contribution in [0.3, 0.4) is 0 Å². The second-order valence-corrected chi connectivity index (χ2v) is 5.80. The van der Waals surface area contributed by atoms with Crippen molar-refractivity contribution in [3.63, 3.8) is 0 Å². The SMILES string of the molecule is CC(C)Cc1ncn(CC2CC2)c(=O)c1Br. The maximum absolute atomic E-state index is 12.0. The molecule has 0 N–H and O–H groups in total. The van der Waals surface area contributed by atoms with Crippen LogP contribution < -0.4 is 5.56 Å². The predicted molar refractivity (Wildman–Crippen MR) is 67.5 cm³/mol. The quantitative estimate of drug-likeness (QED) is 0.852. The first-order valence-electron chi connectivity index (χ1n) is 5.81. The average molecular weight is 285 g/mol. The molecule has 0 unspecified atom stereocenters. The van der Waals surface area contributed by atoms with E-state index >= 15 is 0 Å². The van der Waals surface area contributed by atoms with Gasteiger partial charge in [-0.15, -0.1) is 0 Å². The van der Waals surface area contributed by atoms with Crippen LogP contribution >= 0.6 is 15.9 Å². The molecule has 0 aromatic carbocycles. The summed E-state index contributed by atoms with van der Waals surface area (Å²) in [7, 11) is 0. The van der Waals surface area contributed by atoms with E-state index in [9.17, 15) is 4.79 Å². The highest BCUT2D eigenvalue weighted by Gasteiger charge is 2.23. The first kappa shape index (κ1) is 11.8. The zero-order valence-electron chi connectivity index (χ0n) is 9.74. The lowest BCUT2D eigenvalue weighted by Crippen LogP contribution is -2.24. The molecule has 0 saturated heterocycles. The van der Waals surface area contributed by atoms with E-state index < -0.39 is 0 Å². The maximum atomic E-state index is 12.0. The normalized spacial score (nSPS) is 15.8. The zero-order chi connectivity index (χ0) is 11.7. The molecule has 3 nitrogen and oxygen atoms in total. The molecule has 0 aliphatic heterocycles. The molecule has 1 aromatic heterocycles. The summed E-state index contributed by atoms with van der Waals surface area (Å²) >= 11 is 3.37.